The number of anilines is 1. The van der Waals surface area contributed by atoms with E-state index in [1.54, 1.807) is 52.3 Å². The number of rotatable bonds is 4. The van der Waals surface area contributed by atoms with Gasteiger partial charge in [-0.25, -0.2) is 4.79 Å². The van der Waals surface area contributed by atoms with Gasteiger partial charge < -0.3 is 9.47 Å². The molecule has 0 radical (unpaired) electrons. The Hall–Kier alpha value is -4.07. The molecule has 4 heterocycles. The first-order chi connectivity index (χ1) is 15.1. The maximum absolute atomic E-state index is 13.0. The van der Waals surface area contributed by atoms with Crippen molar-refractivity contribution in [3.8, 4) is 11.4 Å². The Labute approximate surface area is 177 Å². The molecule has 1 aromatic carbocycles. The van der Waals surface area contributed by atoms with Gasteiger partial charge >= 0.3 is 5.69 Å². The van der Waals surface area contributed by atoms with Crippen molar-refractivity contribution in [3.05, 3.63) is 99.1 Å². The van der Waals surface area contributed by atoms with Crippen LogP contribution in [0.3, 0.4) is 0 Å². The Bertz CT molecular complexity index is 1360. The zero-order valence-corrected chi connectivity index (χ0v) is 16.6. The largest absolute Gasteiger partial charge is 0.352 e. The number of hydrogen-bond acceptors (Lipinski definition) is 5. The van der Waals surface area contributed by atoms with Crippen LogP contribution in [0.5, 0.6) is 0 Å². The zero-order valence-electron chi connectivity index (χ0n) is 16.6. The summed E-state index contributed by atoms with van der Waals surface area (Å²) >= 11 is 0. The van der Waals surface area contributed by atoms with Crippen LogP contribution < -0.4 is 16.1 Å². The van der Waals surface area contributed by atoms with E-state index in [1.807, 2.05) is 24.3 Å². The topological polar surface area (TPSA) is 90.1 Å². The molecule has 0 atom stereocenters. The summed E-state index contributed by atoms with van der Waals surface area (Å²) in [7, 11) is 0. The molecule has 3 aliphatic heterocycles. The normalized spacial score (nSPS) is 12.8. The minimum Gasteiger partial charge on any atom is -0.323 e. The molecule has 8 heteroatoms. The van der Waals surface area contributed by atoms with Crippen LogP contribution >= 0.6 is 0 Å². The van der Waals surface area contributed by atoms with Crippen LogP contribution in [0.1, 0.15) is 11.1 Å². The van der Waals surface area contributed by atoms with E-state index in [4.69, 9.17) is 0 Å². The molecule has 0 N–H and O–H groups in total. The molecular weight excluding hydrogens is 394 g/mol. The van der Waals surface area contributed by atoms with Gasteiger partial charge in [-0.15, -0.1) is 0 Å². The van der Waals surface area contributed by atoms with Crippen molar-refractivity contribution >= 4 is 11.6 Å². The fourth-order valence-corrected chi connectivity index (χ4v) is 3.99. The van der Waals surface area contributed by atoms with Crippen molar-refractivity contribution in [2.75, 3.05) is 11.4 Å². The summed E-state index contributed by atoms with van der Waals surface area (Å²) < 4.78 is 2.65. The molecule has 0 unspecified atom stereocenters. The van der Waals surface area contributed by atoms with Crippen LogP contribution in [0.15, 0.2) is 76.7 Å². The first-order valence-corrected chi connectivity index (χ1v) is 9.99. The highest BCUT2D eigenvalue weighted by molar-refractivity contribution is 5.95. The number of fused-ring (bicyclic) bond motifs is 2. The standard InChI is InChI=1S/C23H19N5O3/c29-20(27-12-9-17-6-1-2-8-19(17)27)15-26-11-4-7-18-21(26)25-23(31)28(22(18)30)14-16-5-3-10-24-13-16/h1-8,10-11,13H,9,12,14-15H2. The Morgan fingerprint density at radius 2 is 1.90 bits per heavy atom. The summed E-state index contributed by atoms with van der Waals surface area (Å²) in [5.41, 5.74) is 1.98. The number of para-hydroxylation sites is 1. The second-order valence-corrected chi connectivity index (χ2v) is 7.44. The lowest BCUT2D eigenvalue weighted by Crippen LogP contribution is -2.39. The fourth-order valence-electron chi connectivity index (χ4n) is 3.99. The summed E-state index contributed by atoms with van der Waals surface area (Å²) in [4.78, 5) is 48.5. The van der Waals surface area contributed by atoms with Crippen LogP contribution in [0.25, 0.3) is 11.4 Å². The number of nitrogens with zero attached hydrogens (tertiary/aromatic N) is 5. The van der Waals surface area contributed by atoms with Gasteiger partial charge in [0, 0.05) is 30.8 Å². The van der Waals surface area contributed by atoms with Gasteiger partial charge in [0.25, 0.3) is 5.56 Å². The monoisotopic (exact) mass is 413 g/mol. The van der Waals surface area contributed by atoms with Gasteiger partial charge in [-0.05, 0) is 41.8 Å². The second-order valence-electron chi connectivity index (χ2n) is 7.44. The molecule has 0 fully saturated rings. The number of hydrogen-bond donors (Lipinski definition) is 0. The SMILES string of the molecule is O=C(Cn1cccc2c(=O)n(Cc3cccnc3)c(=O)nc1-2)N1CCc2ccccc21. The smallest absolute Gasteiger partial charge is 0.323 e. The lowest BCUT2D eigenvalue weighted by molar-refractivity contribution is -0.119. The van der Waals surface area contributed by atoms with E-state index in [-0.39, 0.29) is 24.8 Å². The van der Waals surface area contributed by atoms with E-state index in [2.05, 4.69) is 9.97 Å². The molecule has 31 heavy (non-hydrogen) atoms. The van der Waals surface area contributed by atoms with Crippen LogP contribution in [0.2, 0.25) is 0 Å². The van der Waals surface area contributed by atoms with Gasteiger partial charge in [-0.3, -0.25) is 19.1 Å². The van der Waals surface area contributed by atoms with Crippen molar-refractivity contribution in [1.29, 1.82) is 0 Å². The molecule has 8 nitrogen and oxygen atoms in total. The van der Waals surface area contributed by atoms with E-state index in [1.165, 1.54) is 0 Å². The van der Waals surface area contributed by atoms with E-state index in [0.29, 0.717) is 12.1 Å². The van der Waals surface area contributed by atoms with Gasteiger partial charge in [0.2, 0.25) is 5.91 Å². The fraction of sp³-hybridized carbons (Fsp3) is 0.174. The maximum atomic E-state index is 13.0. The molecule has 0 saturated carbocycles. The van der Waals surface area contributed by atoms with Crippen molar-refractivity contribution in [3.63, 3.8) is 0 Å². The molecule has 1 aromatic heterocycles. The number of carbonyl (C=O) groups is 1. The molecule has 1 amide bonds. The van der Waals surface area contributed by atoms with Crippen LogP contribution in [0.4, 0.5) is 5.69 Å². The molecule has 154 valence electrons. The molecule has 3 aliphatic rings. The summed E-state index contributed by atoms with van der Waals surface area (Å²) in [6.07, 6.45) is 5.71. The zero-order chi connectivity index (χ0) is 21.4. The average molecular weight is 413 g/mol. The first-order valence-electron chi connectivity index (χ1n) is 9.99. The number of aromatic nitrogens is 4. The summed E-state index contributed by atoms with van der Waals surface area (Å²) in [6, 6.07) is 14.7. The molecule has 0 bridgehead atoms. The Kier molecular flexibility index (Phi) is 4.66. The molecule has 0 spiro atoms. The summed E-state index contributed by atoms with van der Waals surface area (Å²) in [5, 5.41) is 0. The number of pyridine rings is 2. The Morgan fingerprint density at radius 3 is 2.74 bits per heavy atom. The summed E-state index contributed by atoms with van der Waals surface area (Å²) in [5.74, 6) is 0.0945. The lowest BCUT2D eigenvalue weighted by Gasteiger charge is -2.20. The maximum Gasteiger partial charge on any atom is 0.352 e. The van der Waals surface area contributed by atoms with Gasteiger partial charge in [0.15, 0.2) is 5.82 Å². The molecule has 0 saturated heterocycles. The second kappa shape index (κ2) is 7.64. The van der Waals surface area contributed by atoms with Crippen molar-refractivity contribution in [2.24, 2.45) is 0 Å². The van der Waals surface area contributed by atoms with Gasteiger partial charge in [0.05, 0.1) is 12.1 Å². The van der Waals surface area contributed by atoms with Crippen molar-refractivity contribution in [1.82, 2.24) is 19.1 Å². The number of benzene rings is 1. The predicted octanol–water partition coefficient (Wildman–Crippen LogP) is 1.54. The molecule has 5 rings (SSSR count). The molecular formula is C23H19N5O3. The molecule has 0 aliphatic carbocycles. The minimum atomic E-state index is -0.653. The minimum absolute atomic E-state index is 0.00975. The third-order valence-electron chi connectivity index (χ3n) is 5.51. The Morgan fingerprint density at radius 1 is 1.03 bits per heavy atom. The van der Waals surface area contributed by atoms with Crippen molar-refractivity contribution < 1.29 is 4.79 Å². The molecule has 2 aromatic rings. The Balaban J connectivity index is 1.49. The quantitative estimate of drug-likeness (QED) is 0.506. The highest BCUT2D eigenvalue weighted by Gasteiger charge is 2.25. The lowest BCUT2D eigenvalue weighted by atomic mass is 10.2. The third kappa shape index (κ3) is 3.42. The van der Waals surface area contributed by atoms with E-state index < -0.39 is 11.2 Å². The highest BCUT2D eigenvalue weighted by Crippen LogP contribution is 2.27. The van der Waals surface area contributed by atoms with Crippen LogP contribution in [-0.4, -0.2) is 31.6 Å². The number of carbonyl (C=O) groups excluding carboxylic acids is 1. The highest BCUT2D eigenvalue weighted by atomic mass is 16.2. The summed E-state index contributed by atoms with van der Waals surface area (Å²) in [6.45, 7) is 0.693. The van der Waals surface area contributed by atoms with Crippen LogP contribution in [-0.2, 0) is 24.3 Å². The van der Waals surface area contributed by atoms with Crippen LogP contribution in [0, 0.1) is 0 Å². The number of amides is 1. The van der Waals surface area contributed by atoms with Gasteiger partial charge in [-0.2, -0.15) is 4.98 Å². The first kappa shape index (κ1) is 18.9. The van der Waals surface area contributed by atoms with E-state index in [0.717, 1.165) is 27.8 Å². The van der Waals surface area contributed by atoms with Crippen molar-refractivity contribution in [2.45, 2.75) is 19.5 Å². The van der Waals surface area contributed by atoms with Gasteiger partial charge in [-0.1, -0.05) is 24.3 Å². The van der Waals surface area contributed by atoms with Gasteiger partial charge in [0.1, 0.15) is 6.54 Å². The predicted molar refractivity (Wildman–Crippen MR) is 115 cm³/mol. The third-order valence-corrected chi connectivity index (χ3v) is 5.51. The van der Waals surface area contributed by atoms with E-state index >= 15 is 0 Å². The average Bonchev–Trinajstić information content (AvgIpc) is 3.22. The van der Waals surface area contributed by atoms with E-state index in [9.17, 15) is 14.4 Å².